The maximum Gasteiger partial charge on any atom is 0.241 e. The molecule has 176 valence electrons. The van der Waals surface area contributed by atoms with Crippen molar-refractivity contribution in [2.75, 3.05) is 38.6 Å². The SMILES string of the molecule is COc1ccc(-c2noc(CN3CCN(C(=O)CC4Sc5ccccc5NC4=O)CC3)n2)cc1. The Morgan fingerprint density at radius 3 is 2.68 bits per heavy atom. The molecule has 1 saturated heterocycles. The van der Waals surface area contributed by atoms with Gasteiger partial charge in [0.05, 0.1) is 24.6 Å². The van der Waals surface area contributed by atoms with Gasteiger partial charge in [0.1, 0.15) is 5.75 Å². The number of nitrogens with zero attached hydrogens (tertiary/aromatic N) is 4. The van der Waals surface area contributed by atoms with Gasteiger partial charge >= 0.3 is 0 Å². The highest BCUT2D eigenvalue weighted by atomic mass is 32.2. The summed E-state index contributed by atoms with van der Waals surface area (Å²) in [5, 5.41) is 6.58. The van der Waals surface area contributed by atoms with E-state index in [1.165, 1.54) is 11.8 Å². The molecule has 1 aromatic heterocycles. The molecule has 3 heterocycles. The first kappa shape index (κ1) is 22.4. The molecule has 5 rings (SSSR count). The number of piperazine rings is 1. The van der Waals surface area contributed by atoms with Gasteiger partial charge in [0.2, 0.25) is 23.5 Å². The van der Waals surface area contributed by atoms with Gasteiger partial charge in [-0.05, 0) is 36.4 Å². The average molecular weight is 480 g/mol. The number of benzene rings is 2. The predicted octanol–water partition coefficient (Wildman–Crippen LogP) is 2.89. The van der Waals surface area contributed by atoms with E-state index in [-0.39, 0.29) is 18.2 Å². The quantitative estimate of drug-likeness (QED) is 0.576. The summed E-state index contributed by atoms with van der Waals surface area (Å²) in [6.07, 6.45) is 0.194. The molecule has 0 bridgehead atoms. The van der Waals surface area contributed by atoms with Crippen molar-refractivity contribution in [3.05, 3.63) is 54.4 Å². The summed E-state index contributed by atoms with van der Waals surface area (Å²) in [6, 6.07) is 15.2. The molecule has 1 atom stereocenters. The number of aromatic nitrogens is 2. The highest BCUT2D eigenvalue weighted by Gasteiger charge is 2.31. The van der Waals surface area contributed by atoms with Gasteiger partial charge in [-0.2, -0.15) is 4.98 Å². The highest BCUT2D eigenvalue weighted by molar-refractivity contribution is 8.01. The lowest BCUT2D eigenvalue weighted by atomic mass is 10.2. The fraction of sp³-hybridized carbons (Fsp3) is 0.333. The molecule has 2 aliphatic heterocycles. The number of rotatable bonds is 6. The monoisotopic (exact) mass is 479 g/mol. The van der Waals surface area contributed by atoms with E-state index in [9.17, 15) is 9.59 Å². The van der Waals surface area contributed by atoms with Crippen molar-refractivity contribution in [2.45, 2.75) is 23.1 Å². The number of thioether (sulfide) groups is 1. The van der Waals surface area contributed by atoms with Crippen LogP contribution in [0.15, 0.2) is 57.9 Å². The normalized spacial score (nSPS) is 18.3. The molecular formula is C24H25N5O4S. The molecule has 2 amide bonds. The summed E-state index contributed by atoms with van der Waals surface area (Å²) in [4.78, 5) is 34.8. The smallest absolute Gasteiger partial charge is 0.241 e. The molecule has 0 spiro atoms. The second-order valence-corrected chi connectivity index (χ2v) is 9.44. The number of carbonyl (C=O) groups excluding carboxylic acids is 2. The molecule has 2 aromatic carbocycles. The number of para-hydroxylation sites is 1. The lowest BCUT2D eigenvalue weighted by Gasteiger charge is -2.35. The molecule has 1 N–H and O–H groups in total. The predicted molar refractivity (Wildman–Crippen MR) is 127 cm³/mol. The van der Waals surface area contributed by atoms with Gasteiger partial charge < -0.3 is 19.5 Å². The summed E-state index contributed by atoms with van der Waals surface area (Å²) in [6.45, 7) is 3.16. The Hall–Kier alpha value is -3.37. The first-order valence-corrected chi connectivity index (χ1v) is 12.0. The average Bonchev–Trinajstić information content (AvgIpc) is 3.33. The van der Waals surface area contributed by atoms with Crippen LogP contribution in [0.2, 0.25) is 0 Å². The Morgan fingerprint density at radius 1 is 1.15 bits per heavy atom. The van der Waals surface area contributed by atoms with E-state index in [1.54, 1.807) is 7.11 Å². The van der Waals surface area contributed by atoms with Crippen LogP contribution in [-0.4, -0.2) is 70.3 Å². The van der Waals surface area contributed by atoms with Crippen LogP contribution in [0.25, 0.3) is 11.4 Å². The Morgan fingerprint density at radius 2 is 1.91 bits per heavy atom. The number of nitrogens with one attached hydrogen (secondary N) is 1. The topological polar surface area (TPSA) is 101 Å². The van der Waals surface area contributed by atoms with Crippen LogP contribution >= 0.6 is 11.8 Å². The third-order valence-electron chi connectivity index (χ3n) is 5.97. The third-order valence-corrected chi connectivity index (χ3v) is 7.24. The molecule has 3 aromatic rings. The molecule has 1 unspecified atom stereocenters. The zero-order valence-corrected chi connectivity index (χ0v) is 19.6. The summed E-state index contributed by atoms with van der Waals surface area (Å²) in [5.41, 5.74) is 1.67. The van der Waals surface area contributed by atoms with Crippen molar-refractivity contribution in [2.24, 2.45) is 0 Å². The number of hydrogen-bond donors (Lipinski definition) is 1. The van der Waals surface area contributed by atoms with Crippen LogP contribution < -0.4 is 10.1 Å². The van der Waals surface area contributed by atoms with E-state index in [1.807, 2.05) is 53.4 Å². The second kappa shape index (κ2) is 9.86. The minimum Gasteiger partial charge on any atom is -0.497 e. The number of fused-ring (bicyclic) bond motifs is 1. The number of ether oxygens (including phenoxy) is 1. The Labute approximate surface area is 201 Å². The summed E-state index contributed by atoms with van der Waals surface area (Å²) >= 11 is 1.46. The third kappa shape index (κ3) is 4.92. The summed E-state index contributed by atoms with van der Waals surface area (Å²) in [7, 11) is 1.62. The van der Waals surface area contributed by atoms with Gasteiger partial charge in [0.15, 0.2) is 0 Å². The Bertz CT molecular complexity index is 1170. The molecule has 9 nitrogen and oxygen atoms in total. The second-order valence-electron chi connectivity index (χ2n) is 8.19. The lowest BCUT2D eigenvalue weighted by Crippen LogP contribution is -2.49. The standard InChI is InChI=1S/C24H25N5O4S/c1-32-17-8-6-16(7-9-17)23-26-21(33-27-23)15-28-10-12-29(13-11-28)22(30)14-20-24(31)25-18-4-2-3-5-19(18)34-20/h2-9,20H,10-15H2,1H3,(H,25,31). The van der Waals surface area contributed by atoms with Gasteiger partial charge in [-0.15, -0.1) is 11.8 Å². The van der Waals surface area contributed by atoms with E-state index in [0.717, 1.165) is 21.9 Å². The Balaban J connectivity index is 1.11. The Kier molecular flexibility index (Phi) is 6.50. The van der Waals surface area contributed by atoms with Crippen LogP contribution in [-0.2, 0) is 16.1 Å². The zero-order valence-electron chi connectivity index (χ0n) is 18.8. The van der Waals surface area contributed by atoms with E-state index >= 15 is 0 Å². The molecule has 10 heteroatoms. The van der Waals surface area contributed by atoms with Gasteiger partial charge in [-0.25, -0.2) is 0 Å². The van der Waals surface area contributed by atoms with E-state index < -0.39 is 5.25 Å². The minimum atomic E-state index is -0.407. The molecule has 0 radical (unpaired) electrons. The number of methoxy groups -OCH3 is 1. The number of carbonyl (C=O) groups is 2. The van der Waals surface area contributed by atoms with E-state index in [2.05, 4.69) is 20.4 Å². The fourth-order valence-corrected chi connectivity index (χ4v) is 5.14. The minimum absolute atomic E-state index is 0.00580. The molecule has 0 saturated carbocycles. The van der Waals surface area contributed by atoms with Crippen molar-refractivity contribution in [3.8, 4) is 17.1 Å². The first-order chi connectivity index (χ1) is 16.6. The van der Waals surface area contributed by atoms with Crippen LogP contribution in [0, 0.1) is 0 Å². The zero-order chi connectivity index (χ0) is 23.5. The van der Waals surface area contributed by atoms with Gasteiger partial charge in [-0.3, -0.25) is 14.5 Å². The maximum atomic E-state index is 12.9. The lowest BCUT2D eigenvalue weighted by molar-refractivity contribution is -0.134. The van der Waals surface area contributed by atoms with Crippen LogP contribution in [0.4, 0.5) is 5.69 Å². The van der Waals surface area contributed by atoms with Crippen molar-refractivity contribution < 1.29 is 18.8 Å². The molecule has 0 aliphatic carbocycles. The van der Waals surface area contributed by atoms with Gasteiger partial charge in [-0.1, -0.05) is 17.3 Å². The number of hydrogen-bond acceptors (Lipinski definition) is 8. The number of anilines is 1. The van der Waals surface area contributed by atoms with Crippen molar-refractivity contribution in [1.29, 1.82) is 0 Å². The molecule has 1 fully saturated rings. The molecular weight excluding hydrogens is 454 g/mol. The van der Waals surface area contributed by atoms with Crippen molar-refractivity contribution in [3.63, 3.8) is 0 Å². The van der Waals surface area contributed by atoms with Crippen molar-refractivity contribution in [1.82, 2.24) is 19.9 Å². The van der Waals surface area contributed by atoms with Crippen LogP contribution in [0.5, 0.6) is 5.75 Å². The van der Waals surface area contributed by atoms with Gasteiger partial charge in [0.25, 0.3) is 0 Å². The highest BCUT2D eigenvalue weighted by Crippen LogP contribution is 2.36. The van der Waals surface area contributed by atoms with Gasteiger partial charge in [0, 0.05) is 43.1 Å². The maximum absolute atomic E-state index is 12.9. The summed E-state index contributed by atoms with van der Waals surface area (Å²) in [5.74, 6) is 1.74. The summed E-state index contributed by atoms with van der Waals surface area (Å²) < 4.78 is 10.6. The van der Waals surface area contributed by atoms with E-state index in [0.29, 0.717) is 44.4 Å². The van der Waals surface area contributed by atoms with E-state index in [4.69, 9.17) is 9.26 Å². The number of amides is 2. The first-order valence-electron chi connectivity index (χ1n) is 11.1. The fourth-order valence-electron chi connectivity index (χ4n) is 4.04. The van der Waals surface area contributed by atoms with Crippen LogP contribution in [0.3, 0.4) is 0 Å². The largest absolute Gasteiger partial charge is 0.497 e. The molecule has 34 heavy (non-hydrogen) atoms. The van der Waals surface area contributed by atoms with Crippen molar-refractivity contribution >= 4 is 29.3 Å². The van der Waals surface area contributed by atoms with Crippen LogP contribution in [0.1, 0.15) is 12.3 Å². The molecule has 2 aliphatic rings.